The third-order valence-electron chi connectivity index (χ3n) is 3.31. The summed E-state index contributed by atoms with van der Waals surface area (Å²) in [6, 6.07) is 0. The summed E-state index contributed by atoms with van der Waals surface area (Å²) < 4.78 is 21.9. The first-order chi connectivity index (χ1) is 6.88. The molecule has 0 aliphatic heterocycles. The van der Waals surface area contributed by atoms with Crippen LogP contribution in [0.3, 0.4) is 0 Å². The molecular weight excluding hydrogens is 212 g/mol. The normalized spacial score (nSPS) is 30.1. The fourth-order valence-corrected chi connectivity index (χ4v) is 3.07. The van der Waals surface area contributed by atoms with Gasteiger partial charge in [-0.2, -0.15) is 0 Å². The number of aliphatic hydroxyl groups is 1. The lowest BCUT2D eigenvalue weighted by Gasteiger charge is -2.30. The molecule has 0 aromatic heterocycles. The summed E-state index contributed by atoms with van der Waals surface area (Å²) in [6.45, 7) is 2.20. The standard InChI is InChI=1S/C11H22O3S/c1-9-4-3-5-10(8-9)11(12)6-7-15(2,13)14/h9-12H,3-8H2,1-2H3. The van der Waals surface area contributed by atoms with Gasteiger partial charge in [-0.25, -0.2) is 8.42 Å². The molecule has 3 unspecified atom stereocenters. The molecule has 0 radical (unpaired) electrons. The van der Waals surface area contributed by atoms with E-state index in [1.54, 1.807) is 0 Å². The summed E-state index contributed by atoms with van der Waals surface area (Å²) in [4.78, 5) is 0. The van der Waals surface area contributed by atoms with Crippen LogP contribution in [-0.4, -0.2) is 31.6 Å². The molecule has 90 valence electrons. The van der Waals surface area contributed by atoms with E-state index >= 15 is 0 Å². The van der Waals surface area contributed by atoms with Crippen LogP contribution in [-0.2, 0) is 9.84 Å². The van der Waals surface area contributed by atoms with Gasteiger partial charge in [0.05, 0.1) is 11.9 Å². The molecule has 4 heteroatoms. The van der Waals surface area contributed by atoms with Gasteiger partial charge in [-0.3, -0.25) is 0 Å². The number of aliphatic hydroxyl groups excluding tert-OH is 1. The van der Waals surface area contributed by atoms with Crippen LogP contribution >= 0.6 is 0 Å². The molecule has 0 aromatic rings. The van der Waals surface area contributed by atoms with Gasteiger partial charge in [0.15, 0.2) is 0 Å². The molecule has 0 aromatic carbocycles. The molecule has 3 atom stereocenters. The van der Waals surface area contributed by atoms with Crippen molar-refractivity contribution in [1.29, 1.82) is 0 Å². The average Bonchev–Trinajstić information content (AvgIpc) is 2.13. The quantitative estimate of drug-likeness (QED) is 0.804. The lowest BCUT2D eigenvalue weighted by molar-refractivity contribution is 0.0694. The minimum absolute atomic E-state index is 0.110. The molecule has 3 nitrogen and oxygen atoms in total. The molecule has 1 aliphatic carbocycles. The van der Waals surface area contributed by atoms with E-state index in [0.717, 1.165) is 12.8 Å². The van der Waals surface area contributed by atoms with E-state index in [4.69, 9.17) is 0 Å². The van der Waals surface area contributed by atoms with Gasteiger partial charge in [0.2, 0.25) is 0 Å². The van der Waals surface area contributed by atoms with Gasteiger partial charge in [0.25, 0.3) is 0 Å². The van der Waals surface area contributed by atoms with Gasteiger partial charge in [-0.05, 0) is 31.1 Å². The number of hydrogen-bond acceptors (Lipinski definition) is 3. The van der Waals surface area contributed by atoms with Crippen molar-refractivity contribution in [3.63, 3.8) is 0 Å². The first-order valence-electron chi connectivity index (χ1n) is 5.74. The van der Waals surface area contributed by atoms with Gasteiger partial charge >= 0.3 is 0 Å². The van der Waals surface area contributed by atoms with Crippen LogP contribution in [0.1, 0.15) is 39.0 Å². The third kappa shape index (κ3) is 4.98. The smallest absolute Gasteiger partial charge is 0.147 e. The molecule has 1 fully saturated rings. The van der Waals surface area contributed by atoms with Crippen LogP contribution in [0.15, 0.2) is 0 Å². The molecule has 0 heterocycles. The van der Waals surface area contributed by atoms with E-state index in [0.29, 0.717) is 18.3 Å². The minimum atomic E-state index is -2.93. The monoisotopic (exact) mass is 234 g/mol. The Labute approximate surface area is 92.8 Å². The molecular formula is C11H22O3S. The summed E-state index contributed by atoms with van der Waals surface area (Å²) in [5, 5.41) is 9.89. The molecule has 0 saturated heterocycles. The molecule has 0 spiro atoms. The first kappa shape index (κ1) is 13.0. The Morgan fingerprint density at radius 1 is 1.40 bits per heavy atom. The Bertz CT molecular complexity index is 284. The SMILES string of the molecule is CC1CCCC(C(O)CCS(C)(=O)=O)C1. The fraction of sp³-hybridized carbons (Fsp3) is 1.00. The summed E-state index contributed by atoms with van der Waals surface area (Å²) in [5.41, 5.74) is 0. The maximum Gasteiger partial charge on any atom is 0.147 e. The summed E-state index contributed by atoms with van der Waals surface area (Å²) >= 11 is 0. The van der Waals surface area contributed by atoms with Crippen molar-refractivity contribution in [3.05, 3.63) is 0 Å². The highest BCUT2D eigenvalue weighted by atomic mass is 32.2. The van der Waals surface area contributed by atoms with Crippen LogP contribution in [0, 0.1) is 11.8 Å². The van der Waals surface area contributed by atoms with Gasteiger partial charge in [-0.15, -0.1) is 0 Å². The zero-order chi connectivity index (χ0) is 11.5. The average molecular weight is 234 g/mol. The lowest BCUT2D eigenvalue weighted by atomic mass is 9.79. The van der Waals surface area contributed by atoms with Crippen molar-refractivity contribution in [2.24, 2.45) is 11.8 Å². The molecule has 15 heavy (non-hydrogen) atoms. The predicted molar refractivity (Wildman–Crippen MR) is 61.5 cm³/mol. The second kappa shape index (κ2) is 5.30. The largest absolute Gasteiger partial charge is 0.393 e. The fourth-order valence-electron chi connectivity index (χ4n) is 2.40. The van der Waals surface area contributed by atoms with Crippen LogP contribution in [0.5, 0.6) is 0 Å². The molecule has 1 aliphatic rings. The van der Waals surface area contributed by atoms with Crippen LogP contribution < -0.4 is 0 Å². The second-order valence-corrected chi connectivity index (χ2v) is 7.28. The van der Waals surface area contributed by atoms with Crippen molar-refractivity contribution in [2.45, 2.75) is 45.1 Å². The van der Waals surface area contributed by atoms with Crippen molar-refractivity contribution >= 4 is 9.84 Å². The highest BCUT2D eigenvalue weighted by Gasteiger charge is 2.25. The van der Waals surface area contributed by atoms with E-state index in [1.165, 1.54) is 19.1 Å². The Hall–Kier alpha value is -0.0900. The van der Waals surface area contributed by atoms with Crippen molar-refractivity contribution < 1.29 is 13.5 Å². The summed E-state index contributed by atoms with van der Waals surface area (Å²) in [5.74, 6) is 1.10. The van der Waals surface area contributed by atoms with Crippen LogP contribution in [0.25, 0.3) is 0 Å². The highest BCUT2D eigenvalue weighted by Crippen LogP contribution is 2.31. The van der Waals surface area contributed by atoms with E-state index in [1.807, 2.05) is 0 Å². The van der Waals surface area contributed by atoms with E-state index in [2.05, 4.69) is 6.92 Å². The summed E-state index contributed by atoms with van der Waals surface area (Å²) in [6.07, 6.45) is 5.71. The molecule has 1 rings (SSSR count). The number of sulfone groups is 1. The maximum atomic E-state index is 11.0. The molecule has 0 amide bonds. The van der Waals surface area contributed by atoms with Crippen molar-refractivity contribution in [2.75, 3.05) is 12.0 Å². The van der Waals surface area contributed by atoms with Gasteiger partial charge in [-0.1, -0.05) is 19.8 Å². The topological polar surface area (TPSA) is 54.4 Å². The lowest BCUT2D eigenvalue weighted by Crippen LogP contribution is -2.27. The zero-order valence-corrected chi connectivity index (χ0v) is 10.5. The van der Waals surface area contributed by atoms with E-state index in [-0.39, 0.29) is 5.75 Å². The van der Waals surface area contributed by atoms with Gasteiger partial charge < -0.3 is 5.11 Å². The van der Waals surface area contributed by atoms with Crippen LogP contribution in [0.2, 0.25) is 0 Å². The Morgan fingerprint density at radius 2 is 2.07 bits per heavy atom. The number of hydrogen-bond donors (Lipinski definition) is 1. The van der Waals surface area contributed by atoms with E-state index in [9.17, 15) is 13.5 Å². The Kier molecular flexibility index (Phi) is 4.59. The molecule has 1 N–H and O–H groups in total. The van der Waals surface area contributed by atoms with Crippen molar-refractivity contribution in [3.8, 4) is 0 Å². The Morgan fingerprint density at radius 3 is 2.60 bits per heavy atom. The van der Waals surface area contributed by atoms with Gasteiger partial charge in [0.1, 0.15) is 9.84 Å². The second-order valence-electron chi connectivity index (χ2n) is 5.02. The van der Waals surface area contributed by atoms with Gasteiger partial charge in [0, 0.05) is 6.26 Å². The first-order valence-corrected chi connectivity index (χ1v) is 7.80. The van der Waals surface area contributed by atoms with Crippen molar-refractivity contribution in [1.82, 2.24) is 0 Å². The highest BCUT2D eigenvalue weighted by molar-refractivity contribution is 7.90. The summed E-state index contributed by atoms with van der Waals surface area (Å²) in [7, 11) is -2.93. The molecule has 1 saturated carbocycles. The zero-order valence-electron chi connectivity index (χ0n) is 9.65. The number of rotatable bonds is 4. The third-order valence-corrected chi connectivity index (χ3v) is 4.28. The maximum absolute atomic E-state index is 11.0. The minimum Gasteiger partial charge on any atom is -0.393 e. The van der Waals surface area contributed by atoms with Crippen LogP contribution in [0.4, 0.5) is 0 Å². The Balaban J connectivity index is 2.36. The van der Waals surface area contributed by atoms with E-state index < -0.39 is 15.9 Å². The predicted octanol–water partition coefficient (Wildman–Crippen LogP) is 1.61. The molecule has 0 bridgehead atoms.